The molecular weight excluding hydrogens is 290 g/mol. The van der Waals surface area contributed by atoms with Gasteiger partial charge in [0, 0.05) is 18.6 Å². The quantitative estimate of drug-likeness (QED) is 0.814. The molecule has 1 heterocycles. The molecule has 1 aromatic carbocycles. The number of aryl methyl sites for hydroxylation is 1. The van der Waals surface area contributed by atoms with Gasteiger partial charge in [0.25, 0.3) is 0 Å². The Morgan fingerprint density at radius 2 is 2.09 bits per heavy atom. The number of piperidine rings is 1. The van der Waals surface area contributed by atoms with Gasteiger partial charge in [-0.1, -0.05) is 6.07 Å². The number of hydrogen-bond acceptors (Lipinski definition) is 4. The van der Waals surface area contributed by atoms with Gasteiger partial charge in [-0.25, -0.2) is 4.79 Å². The van der Waals surface area contributed by atoms with Crippen LogP contribution >= 0.6 is 0 Å². The van der Waals surface area contributed by atoms with Crippen LogP contribution in [0, 0.1) is 6.92 Å². The predicted octanol–water partition coefficient (Wildman–Crippen LogP) is 3.78. The standard InChI is InChI=1S/C18H29N3O2/c1-12-6-7-15(19)16(10-12)20-14-8-9-21(13(2)11-14)17(22)23-18(3,4)5/h6-7,10,13-14,20H,8-9,11,19H2,1-5H3. The average molecular weight is 319 g/mol. The van der Waals surface area contributed by atoms with Crippen LogP contribution < -0.4 is 11.1 Å². The molecule has 5 heteroatoms. The predicted molar refractivity (Wildman–Crippen MR) is 94.6 cm³/mol. The first kappa shape index (κ1) is 17.4. The van der Waals surface area contributed by atoms with E-state index in [0.29, 0.717) is 12.6 Å². The van der Waals surface area contributed by atoms with Crippen molar-refractivity contribution in [2.24, 2.45) is 0 Å². The van der Waals surface area contributed by atoms with E-state index in [1.54, 1.807) is 0 Å². The Labute approximate surface area is 139 Å². The van der Waals surface area contributed by atoms with Gasteiger partial charge in [0.1, 0.15) is 5.60 Å². The van der Waals surface area contributed by atoms with E-state index in [4.69, 9.17) is 10.5 Å². The highest BCUT2D eigenvalue weighted by atomic mass is 16.6. The molecule has 1 aromatic rings. The SMILES string of the molecule is Cc1ccc(N)c(NC2CCN(C(=O)OC(C)(C)C)C(C)C2)c1. The third kappa shape index (κ3) is 4.78. The lowest BCUT2D eigenvalue weighted by Gasteiger charge is -2.39. The number of nitrogens with two attached hydrogens (primary N) is 1. The van der Waals surface area contributed by atoms with Crippen LogP contribution in [-0.4, -0.2) is 35.2 Å². The minimum atomic E-state index is -0.456. The van der Waals surface area contributed by atoms with E-state index in [2.05, 4.69) is 25.2 Å². The number of rotatable bonds is 2. The molecule has 1 saturated heterocycles. The molecule has 0 bridgehead atoms. The first-order valence-corrected chi connectivity index (χ1v) is 8.28. The maximum atomic E-state index is 12.3. The molecule has 2 atom stereocenters. The van der Waals surface area contributed by atoms with Crippen molar-refractivity contribution in [2.45, 2.75) is 65.1 Å². The van der Waals surface area contributed by atoms with E-state index < -0.39 is 5.60 Å². The lowest BCUT2D eigenvalue weighted by atomic mass is 9.98. The number of anilines is 2. The molecule has 0 radical (unpaired) electrons. The first-order valence-electron chi connectivity index (χ1n) is 8.28. The Morgan fingerprint density at radius 3 is 2.70 bits per heavy atom. The van der Waals surface area contributed by atoms with Gasteiger partial charge >= 0.3 is 6.09 Å². The van der Waals surface area contributed by atoms with Crippen molar-refractivity contribution in [3.8, 4) is 0 Å². The fraction of sp³-hybridized carbons (Fsp3) is 0.611. The molecule has 3 N–H and O–H groups in total. The molecule has 2 unspecified atom stereocenters. The number of carbonyl (C=O) groups excluding carboxylic acids is 1. The number of nitrogen functional groups attached to an aromatic ring is 1. The molecule has 0 spiro atoms. The van der Waals surface area contributed by atoms with E-state index in [1.807, 2.05) is 37.8 Å². The summed E-state index contributed by atoms with van der Waals surface area (Å²) < 4.78 is 5.48. The summed E-state index contributed by atoms with van der Waals surface area (Å²) in [5.74, 6) is 0. The lowest BCUT2D eigenvalue weighted by Crippen LogP contribution is -2.49. The van der Waals surface area contributed by atoms with Crippen molar-refractivity contribution < 1.29 is 9.53 Å². The minimum Gasteiger partial charge on any atom is -0.444 e. The summed E-state index contributed by atoms with van der Waals surface area (Å²) in [6.07, 6.45) is 1.54. The molecule has 1 fully saturated rings. The second-order valence-electron chi connectivity index (χ2n) is 7.48. The number of likely N-dealkylation sites (tertiary alicyclic amines) is 1. The Kier molecular flexibility index (Phi) is 5.07. The summed E-state index contributed by atoms with van der Waals surface area (Å²) in [6.45, 7) is 10.5. The Bertz CT molecular complexity index is 566. The number of nitrogens with one attached hydrogen (secondary N) is 1. The van der Waals surface area contributed by atoms with Gasteiger partial charge in [-0.15, -0.1) is 0 Å². The highest BCUT2D eigenvalue weighted by Gasteiger charge is 2.31. The van der Waals surface area contributed by atoms with Crippen LogP contribution in [0.1, 0.15) is 46.1 Å². The zero-order chi connectivity index (χ0) is 17.2. The van der Waals surface area contributed by atoms with Crippen LogP contribution in [0.15, 0.2) is 18.2 Å². The third-order valence-corrected chi connectivity index (χ3v) is 4.07. The van der Waals surface area contributed by atoms with Crippen LogP contribution in [0.2, 0.25) is 0 Å². The smallest absolute Gasteiger partial charge is 0.410 e. The second kappa shape index (κ2) is 6.69. The van der Waals surface area contributed by atoms with Crippen molar-refractivity contribution in [3.63, 3.8) is 0 Å². The zero-order valence-corrected chi connectivity index (χ0v) is 14.8. The van der Waals surface area contributed by atoms with Crippen LogP contribution in [-0.2, 0) is 4.74 Å². The van der Waals surface area contributed by atoms with Gasteiger partial charge in [-0.05, 0) is 65.2 Å². The topological polar surface area (TPSA) is 67.6 Å². The Balaban J connectivity index is 1.96. The fourth-order valence-corrected chi connectivity index (χ4v) is 2.91. The van der Waals surface area contributed by atoms with Gasteiger partial charge in [0.15, 0.2) is 0 Å². The number of ether oxygens (including phenoxy) is 1. The molecule has 128 valence electrons. The molecule has 1 aliphatic heterocycles. The highest BCUT2D eigenvalue weighted by Crippen LogP contribution is 2.26. The molecule has 23 heavy (non-hydrogen) atoms. The van der Waals surface area contributed by atoms with E-state index in [9.17, 15) is 4.79 Å². The third-order valence-electron chi connectivity index (χ3n) is 4.07. The number of hydrogen-bond donors (Lipinski definition) is 2. The van der Waals surface area contributed by atoms with Crippen molar-refractivity contribution in [2.75, 3.05) is 17.6 Å². The van der Waals surface area contributed by atoms with Crippen molar-refractivity contribution >= 4 is 17.5 Å². The number of carbonyl (C=O) groups is 1. The number of nitrogens with zero attached hydrogens (tertiary/aromatic N) is 1. The lowest BCUT2D eigenvalue weighted by molar-refractivity contribution is 0.0112. The fourth-order valence-electron chi connectivity index (χ4n) is 2.91. The largest absolute Gasteiger partial charge is 0.444 e. The maximum Gasteiger partial charge on any atom is 0.410 e. The molecule has 0 aromatic heterocycles. The van der Waals surface area contributed by atoms with Crippen LogP contribution in [0.4, 0.5) is 16.2 Å². The average Bonchev–Trinajstić information content (AvgIpc) is 2.41. The van der Waals surface area contributed by atoms with E-state index in [0.717, 1.165) is 24.2 Å². The van der Waals surface area contributed by atoms with Gasteiger partial charge in [-0.3, -0.25) is 0 Å². The second-order valence-corrected chi connectivity index (χ2v) is 7.48. The molecule has 2 rings (SSSR count). The highest BCUT2D eigenvalue weighted by molar-refractivity contribution is 5.69. The van der Waals surface area contributed by atoms with Crippen molar-refractivity contribution in [3.05, 3.63) is 23.8 Å². The Morgan fingerprint density at radius 1 is 1.39 bits per heavy atom. The molecule has 0 saturated carbocycles. The molecule has 1 aliphatic rings. The zero-order valence-electron chi connectivity index (χ0n) is 14.8. The summed E-state index contributed by atoms with van der Waals surface area (Å²) in [5, 5.41) is 3.52. The van der Waals surface area contributed by atoms with Crippen LogP contribution in [0.25, 0.3) is 0 Å². The monoisotopic (exact) mass is 319 g/mol. The van der Waals surface area contributed by atoms with E-state index in [-0.39, 0.29) is 12.1 Å². The first-order chi connectivity index (χ1) is 10.7. The summed E-state index contributed by atoms with van der Waals surface area (Å²) in [7, 11) is 0. The van der Waals surface area contributed by atoms with Crippen molar-refractivity contribution in [1.29, 1.82) is 0 Å². The van der Waals surface area contributed by atoms with Crippen LogP contribution in [0.5, 0.6) is 0 Å². The van der Waals surface area contributed by atoms with Gasteiger partial charge < -0.3 is 20.7 Å². The number of amides is 1. The van der Waals surface area contributed by atoms with Gasteiger partial charge in [0.05, 0.1) is 11.4 Å². The van der Waals surface area contributed by atoms with Gasteiger partial charge in [0.2, 0.25) is 0 Å². The van der Waals surface area contributed by atoms with Crippen molar-refractivity contribution in [1.82, 2.24) is 4.90 Å². The summed E-state index contributed by atoms with van der Waals surface area (Å²) >= 11 is 0. The maximum absolute atomic E-state index is 12.3. The van der Waals surface area contributed by atoms with Gasteiger partial charge in [-0.2, -0.15) is 0 Å². The molecule has 0 aliphatic carbocycles. The summed E-state index contributed by atoms with van der Waals surface area (Å²) in [5.41, 5.74) is 8.51. The molecular formula is C18H29N3O2. The number of benzene rings is 1. The summed E-state index contributed by atoms with van der Waals surface area (Å²) in [4.78, 5) is 14.1. The molecule has 1 amide bonds. The van der Waals surface area contributed by atoms with Crippen LogP contribution in [0.3, 0.4) is 0 Å². The van der Waals surface area contributed by atoms with E-state index in [1.165, 1.54) is 5.56 Å². The molecule has 5 nitrogen and oxygen atoms in total. The minimum absolute atomic E-state index is 0.141. The summed E-state index contributed by atoms with van der Waals surface area (Å²) in [6, 6.07) is 6.46. The normalized spacial score (nSPS) is 21.9. The van der Waals surface area contributed by atoms with E-state index >= 15 is 0 Å². The Hall–Kier alpha value is -1.91.